The maximum Gasteiger partial charge on any atom is 0.303 e. The Bertz CT molecular complexity index is 2420. The summed E-state index contributed by atoms with van der Waals surface area (Å²) in [5.41, 5.74) is 16.1. The van der Waals surface area contributed by atoms with E-state index in [4.69, 9.17) is 24.2 Å². The highest BCUT2D eigenvalue weighted by atomic mass is 32.2. The molecule has 6 rings (SSSR count). The Morgan fingerprint density at radius 2 is 1.57 bits per heavy atom. The van der Waals surface area contributed by atoms with E-state index in [0.29, 0.717) is 25.8 Å². The van der Waals surface area contributed by atoms with Crippen molar-refractivity contribution in [1.82, 2.24) is 24.8 Å². The van der Waals surface area contributed by atoms with Crippen LogP contribution in [0.15, 0.2) is 24.8 Å². The normalized spacial score (nSPS) is 20.2. The average molecular weight is 836 g/mol. The molecule has 0 unspecified atom stereocenters. The first-order valence-electron chi connectivity index (χ1n) is 21.2. The third-order valence-electron chi connectivity index (χ3n) is 12.2. The smallest absolute Gasteiger partial charge is 0.303 e. The molecule has 3 aromatic rings. The highest BCUT2D eigenvalue weighted by molar-refractivity contribution is 7.99. The van der Waals surface area contributed by atoms with Gasteiger partial charge in [0.25, 0.3) is 0 Å². The summed E-state index contributed by atoms with van der Waals surface area (Å²) >= 11 is 1.64. The minimum Gasteiger partial charge on any atom is -0.458 e. The van der Waals surface area contributed by atoms with Crippen LogP contribution in [0.4, 0.5) is 0 Å². The quantitative estimate of drug-likeness (QED) is 0.127. The third kappa shape index (κ3) is 9.19. The number of rotatable bonds is 13. The van der Waals surface area contributed by atoms with Crippen LogP contribution < -0.4 is 0 Å². The zero-order valence-corrected chi connectivity index (χ0v) is 37.9. The van der Waals surface area contributed by atoms with Crippen LogP contribution in [0.3, 0.4) is 0 Å². The maximum atomic E-state index is 13.7. The van der Waals surface area contributed by atoms with Gasteiger partial charge < -0.3 is 29.1 Å². The molecule has 12 heteroatoms. The van der Waals surface area contributed by atoms with Crippen molar-refractivity contribution in [2.75, 3.05) is 19.3 Å². The van der Waals surface area contributed by atoms with Gasteiger partial charge in [-0.2, -0.15) is 0 Å². The van der Waals surface area contributed by atoms with E-state index in [9.17, 15) is 14.4 Å². The van der Waals surface area contributed by atoms with Crippen LogP contribution in [-0.2, 0) is 35.0 Å². The fourth-order valence-corrected chi connectivity index (χ4v) is 9.86. The number of aromatic nitrogens is 4. The number of esters is 2. The van der Waals surface area contributed by atoms with E-state index in [1.54, 1.807) is 16.7 Å². The molecule has 320 valence electrons. The van der Waals surface area contributed by atoms with Crippen molar-refractivity contribution in [3.8, 4) is 0 Å². The molecule has 0 spiro atoms. The van der Waals surface area contributed by atoms with Gasteiger partial charge in [0.1, 0.15) is 11.5 Å². The van der Waals surface area contributed by atoms with Gasteiger partial charge in [0.15, 0.2) is 6.10 Å². The summed E-state index contributed by atoms with van der Waals surface area (Å²) < 4.78 is 17.6. The van der Waals surface area contributed by atoms with E-state index in [1.165, 1.54) is 25.0 Å². The van der Waals surface area contributed by atoms with Gasteiger partial charge in [0.05, 0.1) is 28.9 Å². The molecule has 3 aromatic heterocycles. The number of amides is 1. The molecule has 2 N–H and O–H groups in total. The predicted molar refractivity (Wildman–Crippen MR) is 244 cm³/mol. The van der Waals surface area contributed by atoms with Crippen LogP contribution in [0.25, 0.3) is 50.9 Å². The molecular formula is C48H61N5O6S. The van der Waals surface area contributed by atoms with Crippen molar-refractivity contribution in [2.24, 2.45) is 5.92 Å². The number of fused-ring (bicyclic) bond motifs is 8. The van der Waals surface area contributed by atoms with Crippen LogP contribution in [0.2, 0.25) is 0 Å². The number of thioether (sulfide) groups is 1. The molecule has 6 heterocycles. The minimum atomic E-state index is -0.661. The molecule has 0 aromatic carbocycles. The van der Waals surface area contributed by atoms with Crippen LogP contribution in [0, 0.1) is 26.7 Å². The maximum absolute atomic E-state index is 13.7. The number of allylic oxidation sites excluding steroid dienone is 3. The van der Waals surface area contributed by atoms with Gasteiger partial charge in [-0.05, 0) is 124 Å². The zero-order chi connectivity index (χ0) is 43.6. The fraction of sp³-hybridized carbons (Fsp3) is 0.479. The number of nitrogens with one attached hydrogen (secondary N) is 2. The standard InChI is InChI=1S/C48H61N5O6S/c1-13-33-27(6)39-24-42-34(14-2)26(5)38(50-42)23-40-28(7)35(45(52-40)29(8)37-21-25(4)36(49-37)22-41(33)51-39)17-18-44(56)53(12)19-16-20-60-48-30(9)46(57-31(10)54)47(58-32(11)55)43(15-3)59-48/h14,21-24,30,43,46-48,50-51H,2,13,15-20H2,1,3-12H3/t30-,43+,46+,47+,48-/m0/s1. The van der Waals surface area contributed by atoms with Crippen LogP contribution >= 0.6 is 11.8 Å². The number of aryl methyl sites for hydroxylation is 3. The lowest BCUT2D eigenvalue weighted by molar-refractivity contribution is -0.210. The van der Waals surface area contributed by atoms with E-state index in [1.807, 2.05) is 27.0 Å². The molecule has 1 saturated heterocycles. The van der Waals surface area contributed by atoms with Gasteiger partial charge in [0, 0.05) is 73.0 Å². The first-order chi connectivity index (χ1) is 28.6. The van der Waals surface area contributed by atoms with Crippen molar-refractivity contribution >= 4 is 80.5 Å². The SMILES string of the molecule is C=Cc1c(C)c2cc3nc(c(C)c4nc(cc5[nH]c(cc1[nH]2)c(C)c5CC)C(C)=C4)C(CCC(=O)N(C)CCCS[C@@H]1O[C@H](CC)[C@@H](OC(C)=O)[C@H](OC(C)=O)[C@@H]1C)=C3C. The van der Waals surface area contributed by atoms with Gasteiger partial charge in [-0.3, -0.25) is 14.4 Å². The Kier molecular flexibility index (Phi) is 14.0. The van der Waals surface area contributed by atoms with Crippen LogP contribution in [0.1, 0.15) is 125 Å². The number of hydrogen-bond donors (Lipinski definition) is 2. The summed E-state index contributed by atoms with van der Waals surface area (Å²) in [6, 6.07) is 6.44. The number of ether oxygens (including phenoxy) is 3. The molecular weight excluding hydrogens is 775 g/mol. The average Bonchev–Trinajstić information content (AvgIpc) is 3.91. The molecule has 8 bridgehead atoms. The van der Waals surface area contributed by atoms with Crippen molar-refractivity contribution in [3.05, 3.63) is 75.4 Å². The molecule has 0 aliphatic carbocycles. The lowest BCUT2D eigenvalue weighted by atomic mass is 9.92. The molecule has 5 atom stereocenters. The summed E-state index contributed by atoms with van der Waals surface area (Å²) in [7, 11) is 1.85. The highest BCUT2D eigenvalue weighted by Crippen LogP contribution is 2.39. The van der Waals surface area contributed by atoms with E-state index in [0.717, 1.165) is 96.8 Å². The summed E-state index contributed by atoms with van der Waals surface area (Å²) in [6.07, 6.45) is 5.50. The second kappa shape index (κ2) is 18.8. The molecule has 1 fully saturated rings. The minimum absolute atomic E-state index is 0.0583. The zero-order valence-electron chi connectivity index (χ0n) is 37.1. The summed E-state index contributed by atoms with van der Waals surface area (Å²) in [4.78, 5) is 57.2. The molecule has 60 heavy (non-hydrogen) atoms. The first-order valence-corrected chi connectivity index (χ1v) is 22.2. The van der Waals surface area contributed by atoms with Crippen molar-refractivity contribution in [3.63, 3.8) is 0 Å². The van der Waals surface area contributed by atoms with Crippen molar-refractivity contribution in [1.29, 1.82) is 0 Å². The Morgan fingerprint density at radius 1 is 0.900 bits per heavy atom. The lowest BCUT2D eigenvalue weighted by Gasteiger charge is -2.44. The molecule has 1 amide bonds. The predicted octanol–water partition coefficient (Wildman–Crippen LogP) is 9.93. The third-order valence-corrected chi connectivity index (χ3v) is 13.6. The summed E-state index contributed by atoms with van der Waals surface area (Å²) in [5.74, 6) is -0.266. The Morgan fingerprint density at radius 3 is 2.23 bits per heavy atom. The first kappa shape index (κ1) is 44.6. The topological polar surface area (TPSA) is 140 Å². The monoisotopic (exact) mass is 835 g/mol. The fourth-order valence-electron chi connectivity index (χ4n) is 8.65. The molecule has 3 aliphatic rings. The molecule has 0 radical (unpaired) electrons. The number of carbonyl (C=O) groups excluding carboxylic acids is 3. The second-order valence-corrected chi connectivity index (χ2v) is 17.5. The number of hydrogen-bond acceptors (Lipinski definition) is 9. The van der Waals surface area contributed by atoms with E-state index in [-0.39, 0.29) is 17.3 Å². The van der Waals surface area contributed by atoms with Gasteiger partial charge in [0.2, 0.25) is 5.91 Å². The van der Waals surface area contributed by atoms with E-state index in [2.05, 4.69) is 82.4 Å². The van der Waals surface area contributed by atoms with E-state index >= 15 is 0 Å². The summed E-state index contributed by atoms with van der Waals surface area (Å²) in [5, 5.41) is 0. The number of H-pyrrole nitrogens is 2. The summed E-state index contributed by atoms with van der Waals surface area (Å²) in [6.45, 7) is 24.1. The van der Waals surface area contributed by atoms with Crippen LogP contribution in [0.5, 0.6) is 0 Å². The van der Waals surface area contributed by atoms with Crippen molar-refractivity contribution in [2.45, 2.75) is 125 Å². The molecule has 3 aliphatic heterocycles. The lowest BCUT2D eigenvalue weighted by Crippen LogP contribution is -2.55. The van der Waals surface area contributed by atoms with Crippen molar-refractivity contribution < 1.29 is 28.6 Å². The Labute approximate surface area is 358 Å². The van der Waals surface area contributed by atoms with Gasteiger partial charge in [-0.15, -0.1) is 11.8 Å². The number of carbonyl (C=O) groups is 3. The highest BCUT2D eigenvalue weighted by Gasteiger charge is 2.47. The number of nitrogens with zero attached hydrogens (tertiary/aromatic N) is 3. The van der Waals surface area contributed by atoms with Gasteiger partial charge in [-0.25, -0.2) is 9.97 Å². The largest absolute Gasteiger partial charge is 0.458 e. The van der Waals surface area contributed by atoms with Gasteiger partial charge >= 0.3 is 11.9 Å². The van der Waals surface area contributed by atoms with Gasteiger partial charge in [-0.1, -0.05) is 33.4 Å². The number of aromatic amines is 2. The Balaban J connectivity index is 1.23. The van der Waals surface area contributed by atoms with E-state index < -0.39 is 30.3 Å². The molecule has 0 saturated carbocycles. The van der Waals surface area contributed by atoms with Crippen LogP contribution in [-0.4, -0.2) is 85.8 Å². The second-order valence-electron chi connectivity index (χ2n) is 16.3. The molecule has 11 nitrogen and oxygen atoms in total. The Hall–Kier alpha value is -4.94.